The van der Waals surface area contributed by atoms with Gasteiger partial charge in [-0.05, 0) is 54.8 Å². The van der Waals surface area contributed by atoms with Crippen LogP contribution in [0.15, 0.2) is 61.1 Å². The van der Waals surface area contributed by atoms with Gasteiger partial charge in [-0.25, -0.2) is 18.9 Å². The van der Waals surface area contributed by atoms with E-state index in [1.165, 1.54) is 29.3 Å². The third-order valence-corrected chi connectivity index (χ3v) is 8.36. The first-order valence-electron chi connectivity index (χ1n) is 13.7. The third kappa shape index (κ3) is 6.42. The third-order valence-electron chi connectivity index (χ3n) is 7.56. The van der Waals surface area contributed by atoms with Crippen molar-refractivity contribution in [1.29, 1.82) is 5.26 Å². The van der Waals surface area contributed by atoms with Gasteiger partial charge in [0, 0.05) is 42.2 Å². The molecule has 1 amide bonds. The number of piperidine rings is 1. The number of pyridine rings is 2. The Labute approximate surface area is 271 Å². The average molecular weight is 667 g/mol. The van der Waals surface area contributed by atoms with Crippen molar-refractivity contribution in [3.63, 3.8) is 0 Å². The number of carbonyl (C=O) groups is 1. The summed E-state index contributed by atoms with van der Waals surface area (Å²) in [4.78, 5) is 21.4. The van der Waals surface area contributed by atoms with Gasteiger partial charge in [0.15, 0.2) is 0 Å². The summed E-state index contributed by atoms with van der Waals surface area (Å²) in [5.74, 6) is -0.567. The van der Waals surface area contributed by atoms with Gasteiger partial charge in [-0.3, -0.25) is 4.98 Å². The number of hydrogen-bond acceptors (Lipinski definition) is 8. The molecule has 0 bridgehead atoms. The molecule has 1 saturated heterocycles. The lowest BCUT2D eigenvalue weighted by atomic mass is 10.0. The molecule has 1 aliphatic heterocycles. The lowest BCUT2D eigenvalue weighted by molar-refractivity contribution is 0.123. The number of likely N-dealkylation sites (tertiary alicyclic amines) is 1. The van der Waals surface area contributed by atoms with Crippen LogP contribution in [0.3, 0.4) is 0 Å². The predicted octanol–water partition coefficient (Wildman–Crippen LogP) is 7.45. The lowest BCUT2D eigenvalue weighted by Crippen LogP contribution is -2.38. The maximum Gasteiger partial charge on any atom is 0.407 e. The van der Waals surface area contributed by atoms with Crippen LogP contribution >= 0.6 is 34.8 Å². The Morgan fingerprint density at radius 1 is 1.04 bits per heavy atom. The minimum absolute atomic E-state index is 0.00923. The van der Waals surface area contributed by atoms with Crippen molar-refractivity contribution in [3.8, 4) is 6.07 Å². The molecule has 2 aromatic carbocycles. The fraction of sp³-hybridized carbons (Fsp3) is 0.200. The minimum Gasteiger partial charge on any atom is -0.465 e. The molecule has 3 N–H and O–H groups in total. The first-order chi connectivity index (χ1) is 21.7. The van der Waals surface area contributed by atoms with Crippen LogP contribution in [0.25, 0.3) is 10.9 Å². The van der Waals surface area contributed by atoms with Crippen LogP contribution in [-0.2, 0) is 0 Å². The van der Waals surface area contributed by atoms with Gasteiger partial charge in [0.1, 0.15) is 22.7 Å². The SMILES string of the molecule is N#Cc1cnc2c(Cl)cc(NC(c3ccc(Cl)nc3)c3cn(C4CCN(C(=O)O)CC4)nn3)cc2c1Nc1ccc(F)c(Cl)c1. The number of rotatable bonds is 7. The number of aromatic nitrogens is 5. The van der Waals surface area contributed by atoms with Crippen LogP contribution < -0.4 is 10.6 Å². The van der Waals surface area contributed by atoms with E-state index in [9.17, 15) is 19.6 Å². The number of carboxylic acid groups (broad SMARTS) is 1. The summed E-state index contributed by atoms with van der Waals surface area (Å²) in [6.07, 6.45) is 5.16. The van der Waals surface area contributed by atoms with Crippen molar-refractivity contribution in [3.05, 3.63) is 98.9 Å². The highest BCUT2D eigenvalue weighted by molar-refractivity contribution is 6.36. The number of halogens is 4. The highest BCUT2D eigenvalue weighted by atomic mass is 35.5. The number of amides is 1. The van der Waals surface area contributed by atoms with E-state index in [4.69, 9.17) is 34.8 Å². The van der Waals surface area contributed by atoms with E-state index in [1.807, 2.05) is 12.3 Å². The van der Waals surface area contributed by atoms with Gasteiger partial charge in [-0.1, -0.05) is 46.1 Å². The summed E-state index contributed by atoms with van der Waals surface area (Å²) in [5, 5.41) is 35.8. The highest BCUT2D eigenvalue weighted by Crippen LogP contribution is 2.37. The summed E-state index contributed by atoms with van der Waals surface area (Å²) in [6, 6.07) is 12.7. The smallest absolute Gasteiger partial charge is 0.407 e. The van der Waals surface area contributed by atoms with Crippen LogP contribution in [-0.4, -0.2) is 54.2 Å². The molecule has 4 heterocycles. The van der Waals surface area contributed by atoms with Gasteiger partial charge in [-0.15, -0.1) is 5.10 Å². The summed E-state index contributed by atoms with van der Waals surface area (Å²) >= 11 is 18.8. The summed E-state index contributed by atoms with van der Waals surface area (Å²) in [7, 11) is 0. The van der Waals surface area contributed by atoms with Crippen LogP contribution in [0.5, 0.6) is 0 Å². The molecule has 0 radical (unpaired) electrons. The Kier molecular flexibility index (Phi) is 8.58. The maximum atomic E-state index is 13.8. The zero-order valence-corrected chi connectivity index (χ0v) is 25.5. The van der Waals surface area contributed by atoms with E-state index < -0.39 is 18.0 Å². The molecule has 0 saturated carbocycles. The maximum absolute atomic E-state index is 13.8. The Balaban J connectivity index is 1.37. The lowest BCUT2D eigenvalue weighted by Gasteiger charge is -2.29. The number of anilines is 3. The number of benzene rings is 2. The molecule has 6 rings (SSSR count). The molecule has 1 unspecified atom stereocenters. The van der Waals surface area contributed by atoms with Crippen LogP contribution in [0, 0.1) is 17.1 Å². The molecule has 1 atom stereocenters. The molecule has 0 spiro atoms. The van der Waals surface area contributed by atoms with E-state index in [2.05, 4.69) is 37.0 Å². The van der Waals surface area contributed by atoms with Crippen molar-refractivity contribution < 1.29 is 14.3 Å². The molecule has 5 aromatic rings. The Hall–Kier alpha value is -4.70. The number of hydrogen-bond donors (Lipinski definition) is 3. The summed E-state index contributed by atoms with van der Waals surface area (Å²) in [5.41, 5.74) is 3.47. The summed E-state index contributed by atoms with van der Waals surface area (Å²) in [6.45, 7) is 0.819. The van der Waals surface area contributed by atoms with E-state index in [0.717, 1.165) is 5.56 Å². The van der Waals surface area contributed by atoms with Crippen molar-refractivity contribution >= 4 is 68.9 Å². The minimum atomic E-state index is -0.932. The number of fused-ring (bicyclic) bond motifs is 1. The number of nitrogens with one attached hydrogen (secondary N) is 2. The first-order valence-corrected chi connectivity index (χ1v) is 14.9. The molecule has 1 aliphatic rings. The van der Waals surface area contributed by atoms with E-state index >= 15 is 0 Å². The zero-order chi connectivity index (χ0) is 31.7. The molecular formula is C30H23Cl3FN9O2. The second-order valence-electron chi connectivity index (χ2n) is 10.4. The van der Waals surface area contributed by atoms with Crippen molar-refractivity contribution in [2.75, 3.05) is 23.7 Å². The van der Waals surface area contributed by atoms with Gasteiger partial charge < -0.3 is 20.6 Å². The Morgan fingerprint density at radius 3 is 2.51 bits per heavy atom. The second-order valence-corrected chi connectivity index (χ2v) is 11.6. The highest BCUT2D eigenvalue weighted by Gasteiger charge is 2.26. The van der Waals surface area contributed by atoms with Crippen LogP contribution in [0.2, 0.25) is 15.2 Å². The van der Waals surface area contributed by atoms with Gasteiger partial charge in [-0.2, -0.15) is 5.26 Å². The molecule has 45 heavy (non-hydrogen) atoms. The van der Waals surface area contributed by atoms with E-state index in [1.54, 1.807) is 29.1 Å². The average Bonchev–Trinajstić information content (AvgIpc) is 3.53. The van der Waals surface area contributed by atoms with Crippen molar-refractivity contribution in [2.24, 2.45) is 0 Å². The molecule has 0 aliphatic carbocycles. The molecule has 15 heteroatoms. The van der Waals surface area contributed by atoms with Crippen LogP contribution in [0.1, 0.15) is 41.7 Å². The zero-order valence-electron chi connectivity index (χ0n) is 23.3. The van der Waals surface area contributed by atoms with Crippen molar-refractivity contribution in [2.45, 2.75) is 24.9 Å². The van der Waals surface area contributed by atoms with Gasteiger partial charge in [0.2, 0.25) is 0 Å². The fourth-order valence-corrected chi connectivity index (χ4v) is 5.82. The van der Waals surface area contributed by atoms with Crippen LogP contribution in [0.4, 0.5) is 26.2 Å². The van der Waals surface area contributed by atoms with E-state index in [0.29, 0.717) is 69.8 Å². The predicted molar refractivity (Wildman–Crippen MR) is 169 cm³/mol. The second kappa shape index (κ2) is 12.7. The Morgan fingerprint density at radius 2 is 1.82 bits per heavy atom. The number of nitriles is 1. The van der Waals surface area contributed by atoms with Gasteiger partial charge in [0.05, 0.1) is 45.1 Å². The van der Waals surface area contributed by atoms with Crippen molar-refractivity contribution in [1.82, 2.24) is 29.9 Å². The Bertz CT molecular complexity index is 1940. The molecule has 11 nitrogen and oxygen atoms in total. The summed E-state index contributed by atoms with van der Waals surface area (Å²) < 4.78 is 15.6. The molecule has 3 aromatic heterocycles. The quantitative estimate of drug-likeness (QED) is 0.151. The number of nitrogens with zero attached hydrogens (tertiary/aromatic N) is 7. The first kappa shape index (κ1) is 30.3. The fourth-order valence-electron chi connectivity index (χ4n) is 5.26. The largest absolute Gasteiger partial charge is 0.465 e. The molecule has 228 valence electrons. The standard InChI is InChI=1S/C30H23Cl3FN9O2/c31-22-10-18(2-3-24(22)34)38-27-17(12-35)14-37-29-21(27)9-19(11-23(29)32)39-28(16-1-4-26(33)36-13-16)25-15-43(41-40-25)20-5-7-42(8-6-20)30(44)45/h1-4,9-11,13-15,20,28,39H,5-8H2,(H,37,38)(H,44,45). The topological polar surface area (TPSA) is 145 Å². The van der Waals surface area contributed by atoms with Gasteiger partial charge >= 0.3 is 6.09 Å². The van der Waals surface area contributed by atoms with E-state index in [-0.39, 0.29) is 16.6 Å². The monoisotopic (exact) mass is 665 g/mol. The van der Waals surface area contributed by atoms with Gasteiger partial charge in [0.25, 0.3) is 0 Å². The molecule has 1 fully saturated rings. The molecular weight excluding hydrogens is 644 g/mol. The normalized spacial score (nSPS) is 14.2.